The van der Waals surface area contributed by atoms with Crippen LogP contribution in [-0.2, 0) is 4.79 Å². The van der Waals surface area contributed by atoms with Crippen molar-refractivity contribution in [2.45, 2.75) is 13.3 Å². The highest BCUT2D eigenvalue weighted by Crippen LogP contribution is 2.15. The zero-order valence-electron chi connectivity index (χ0n) is 9.73. The van der Waals surface area contributed by atoms with Crippen molar-refractivity contribution in [3.63, 3.8) is 0 Å². The van der Waals surface area contributed by atoms with Crippen molar-refractivity contribution in [1.29, 1.82) is 0 Å². The van der Waals surface area contributed by atoms with Crippen molar-refractivity contribution in [2.24, 2.45) is 5.84 Å². The van der Waals surface area contributed by atoms with Gasteiger partial charge in [0.2, 0.25) is 11.9 Å². The molecule has 0 aromatic carbocycles. The molecular formula is C10H16N6O. The molecule has 1 saturated heterocycles. The van der Waals surface area contributed by atoms with E-state index >= 15 is 0 Å². The summed E-state index contributed by atoms with van der Waals surface area (Å²) in [6, 6.07) is 1.89. The number of carbonyl (C=O) groups excluding carboxylic acids is 1. The molecule has 2 rings (SSSR count). The molecule has 1 aromatic heterocycles. The molecule has 1 aromatic rings. The predicted octanol–water partition coefficient (Wildman–Crippen LogP) is -0.603. The third-order valence-electron chi connectivity index (χ3n) is 2.61. The molecule has 0 unspecified atom stereocenters. The average Bonchev–Trinajstić information content (AvgIpc) is 2.53. The minimum atomic E-state index is 0.0791. The largest absolute Gasteiger partial charge is 0.354 e. The van der Waals surface area contributed by atoms with E-state index in [9.17, 15) is 4.79 Å². The number of carbonyl (C=O) groups is 1. The second-order valence-corrected chi connectivity index (χ2v) is 3.92. The third-order valence-corrected chi connectivity index (χ3v) is 2.61. The van der Waals surface area contributed by atoms with Gasteiger partial charge in [0.05, 0.1) is 0 Å². The fraction of sp³-hybridized carbons (Fsp3) is 0.500. The number of nitrogens with zero attached hydrogens (tertiary/aromatic N) is 3. The zero-order chi connectivity index (χ0) is 12.3. The van der Waals surface area contributed by atoms with Gasteiger partial charge in [-0.05, 0) is 6.92 Å². The van der Waals surface area contributed by atoms with Crippen molar-refractivity contribution in [1.82, 2.24) is 15.3 Å². The number of amides is 1. The van der Waals surface area contributed by atoms with E-state index in [2.05, 4.69) is 20.7 Å². The Morgan fingerprint density at radius 2 is 2.29 bits per heavy atom. The molecule has 0 bridgehead atoms. The lowest BCUT2D eigenvalue weighted by molar-refractivity contribution is -0.120. The number of hydrogen-bond acceptors (Lipinski definition) is 6. The van der Waals surface area contributed by atoms with Gasteiger partial charge >= 0.3 is 0 Å². The lowest BCUT2D eigenvalue weighted by Gasteiger charge is -2.21. The van der Waals surface area contributed by atoms with Crippen LogP contribution in [0.4, 0.5) is 11.8 Å². The number of nitrogen functional groups attached to an aromatic ring is 1. The van der Waals surface area contributed by atoms with Crippen LogP contribution >= 0.6 is 0 Å². The lowest BCUT2D eigenvalue weighted by Crippen LogP contribution is -2.29. The number of hydrogen-bond donors (Lipinski definition) is 3. The molecule has 0 saturated carbocycles. The van der Waals surface area contributed by atoms with Crippen molar-refractivity contribution >= 4 is 17.7 Å². The highest BCUT2D eigenvalue weighted by atomic mass is 16.1. The van der Waals surface area contributed by atoms with Crippen LogP contribution in [-0.4, -0.2) is 35.5 Å². The lowest BCUT2D eigenvalue weighted by atomic mass is 10.3. The van der Waals surface area contributed by atoms with E-state index in [-0.39, 0.29) is 5.91 Å². The van der Waals surface area contributed by atoms with Crippen LogP contribution in [0, 0.1) is 6.92 Å². The van der Waals surface area contributed by atoms with Gasteiger partial charge < -0.3 is 10.2 Å². The van der Waals surface area contributed by atoms with Crippen LogP contribution in [0.25, 0.3) is 0 Å². The smallest absolute Gasteiger partial charge is 0.239 e. The number of aryl methyl sites for hydroxylation is 1. The molecule has 2 heterocycles. The number of nitrogens with two attached hydrogens (primary N) is 1. The molecule has 7 nitrogen and oxygen atoms in total. The first-order chi connectivity index (χ1) is 8.19. The Morgan fingerprint density at radius 3 is 3.06 bits per heavy atom. The molecule has 7 heteroatoms. The van der Waals surface area contributed by atoms with Gasteiger partial charge in [-0.25, -0.2) is 10.8 Å². The molecule has 0 radical (unpaired) electrons. The Balaban J connectivity index is 2.20. The van der Waals surface area contributed by atoms with Gasteiger partial charge in [0.25, 0.3) is 0 Å². The molecular weight excluding hydrogens is 220 g/mol. The molecule has 0 atom stereocenters. The molecule has 92 valence electrons. The molecule has 1 fully saturated rings. The minimum Gasteiger partial charge on any atom is -0.354 e. The van der Waals surface area contributed by atoms with E-state index in [1.165, 1.54) is 0 Å². The van der Waals surface area contributed by atoms with E-state index in [0.717, 1.165) is 18.1 Å². The van der Waals surface area contributed by atoms with Crippen LogP contribution in [0.15, 0.2) is 6.07 Å². The minimum absolute atomic E-state index is 0.0791. The Kier molecular flexibility index (Phi) is 3.38. The maximum atomic E-state index is 11.2. The fourth-order valence-electron chi connectivity index (χ4n) is 1.77. The standard InChI is InChI=1S/C10H16N6O/c1-7-6-8(14-10(13-7)15-11)16-4-2-9(17)12-3-5-16/h6H,2-5,11H2,1H3,(H,12,17)(H,13,14,15). The number of nitrogens with one attached hydrogen (secondary N) is 2. The highest BCUT2D eigenvalue weighted by molar-refractivity contribution is 5.77. The summed E-state index contributed by atoms with van der Waals surface area (Å²) in [6.07, 6.45) is 0.481. The van der Waals surface area contributed by atoms with Gasteiger partial charge in [0.15, 0.2) is 0 Å². The normalized spacial score (nSPS) is 16.4. The molecule has 0 spiro atoms. The highest BCUT2D eigenvalue weighted by Gasteiger charge is 2.15. The molecule has 1 aliphatic rings. The Labute approximate surface area is 99.4 Å². The summed E-state index contributed by atoms with van der Waals surface area (Å²) in [4.78, 5) is 21.7. The van der Waals surface area contributed by atoms with Gasteiger partial charge in [0, 0.05) is 37.8 Å². The fourth-order valence-corrected chi connectivity index (χ4v) is 1.77. The second-order valence-electron chi connectivity index (χ2n) is 3.92. The van der Waals surface area contributed by atoms with Crippen LogP contribution in [0.5, 0.6) is 0 Å². The summed E-state index contributed by atoms with van der Waals surface area (Å²) in [5, 5.41) is 2.82. The van der Waals surface area contributed by atoms with Crippen molar-refractivity contribution in [3.05, 3.63) is 11.8 Å². The van der Waals surface area contributed by atoms with Crippen LogP contribution < -0.4 is 21.5 Å². The van der Waals surface area contributed by atoms with Crippen LogP contribution in [0.2, 0.25) is 0 Å². The summed E-state index contributed by atoms with van der Waals surface area (Å²) in [5.41, 5.74) is 3.28. The van der Waals surface area contributed by atoms with E-state index < -0.39 is 0 Å². The first kappa shape index (κ1) is 11.6. The van der Waals surface area contributed by atoms with Crippen molar-refractivity contribution in [2.75, 3.05) is 30.0 Å². The molecule has 1 aliphatic heterocycles. The number of anilines is 2. The van der Waals surface area contributed by atoms with Crippen LogP contribution in [0.3, 0.4) is 0 Å². The summed E-state index contributed by atoms with van der Waals surface area (Å²) in [5.74, 6) is 6.57. The summed E-state index contributed by atoms with van der Waals surface area (Å²) in [6.45, 7) is 3.92. The number of rotatable bonds is 2. The monoisotopic (exact) mass is 236 g/mol. The third kappa shape index (κ3) is 2.82. The average molecular weight is 236 g/mol. The molecule has 1 amide bonds. The molecule has 17 heavy (non-hydrogen) atoms. The van der Waals surface area contributed by atoms with E-state index in [0.29, 0.717) is 25.5 Å². The maximum Gasteiger partial charge on any atom is 0.239 e. The number of aromatic nitrogens is 2. The summed E-state index contributed by atoms with van der Waals surface area (Å²) < 4.78 is 0. The topological polar surface area (TPSA) is 96.2 Å². The molecule has 0 aliphatic carbocycles. The SMILES string of the molecule is Cc1cc(N2CCNC(=O)CC2)nc(NN)n1. The number of hydrazine groups is 1. The molecule has 4 N–H and O–H groups in total. The first-order valence-electron chi connectivity index (χ1n) is 5.53. The first-order valence-corrected chi connectivity index (χ1v) is 5.53. The summed E-state index contributed by atoms with van der Waals surface area (Å²) >= 11 is 0. The van der Waals surface area contributed by atoms with Gasteiger partial charge in [0.1, 0.15) is 5.82 Å². The van der Waals surface area contributed by atoms with Gasteiger partial charge in [-0.3, -0.25) is 10.2 Å². The van der Waals surface area contributed by atoms with E-state index in [4.69, 9.17) is 5.84 Å². The van der Waals surface area contributed by atoms with Crippen molar-refractivity contribution in [3.8, 4) is 0 Å². The van der Waals surface area contributed by atoms with Crippen LogP contribution in [0.1, 0.15) is 12.1 Å². The maximum absolute atomic E-state index is 11.2. The van der Waals surface area contributed by atoms with E-state index in [1.807, 2.05) is 17.9 Å². The predicted molar refractivity (Wildman–Crippen MR) is 64.4 cm³/mol. The van der Waals surface area contributed by atoms with Gasteiger partial charge in [-0.1, -0.05) is 0 Å². The summed E-state index contributed by atoms with van der Waals surface area (Å²) in [7, 11) is 0. The Hall–Kier alpha value is -1.89. The Bertz CT molecular complexity index is 421. The zero-order valence-corrected chi connectivity index (χ0v) is 9.73. The van der Waals surface area contributed by atoms with Gasteiger partial charge in [-0.2, -0.15) is 4.98 Å². The Morgan fingerprint density at radius 1 is 1.47 bits per heavy atom. The second kappa shape index (κ2) is 4.96. The van der Waals surface area contributed by atoms with Gasteiger partial charge in [-0.15, -0.1) is 0 Å². The van der Waals surface area contributed by atoms with E-state index in [1.54, 1.807) is 0 Å². The van der Waals surface area contributed by atoms with Crippen molar-refractivity contribution < 1.29 is 4.79 Å². The quantitative estimate of drug-likeness (QED) is 0.468.